The summed E-state index contributed by atoms with van der Waals surface area (Å²) in [5.41, 5.74) is 4.65. The van der Waals surface area contributed by atoms with Gasteiger partial charge in [-0.1, -0.05) is 12.1 Å². The third-order valence-electron chi connectivity index (χ3n) is 3.14. The van der Waals surface area contributed by atoms with Crippen LogP contribution in [0.4, 0.5) is 4.39 Å². The Labute approximate surface area is 119 Å². The van der Waals surface area contributed by atoms with Crippen LogP contribution in [0.25, 0.3) is 16.9 Å². The summed E-state index contributed by atoms with van der Waals surface area (Å²) in [5.74, 6) is -0.237. The second-order valence-electron chi connectivity index (χ2n) is 4.59. The molecule has 0 bridgehead atoms. The molecule has 0 aliphatic rings. The van der Waals surface area contributed by atoms with Crippen molar-refractivity contribution in [1.29, 1.82) is 0 Å². The SMILES string of the molecule is Cc1nc2c(C)cc(Br)cn2c1-c1cccc(F)c1. The van der Waals surface area contributed by atoms with E-state index in [4.69, 9.17) is 0 Å². The zero-order valence-corrected chi connectivity index (χ0v) is 12.2. The molecule has 0 unspecified atom stereocenters. The minimum absolute atomic E-state index is 0.237. The molecule has 3 rings (SSSR count). The van der Waals surface area contributed by atoms with Crippen LogP contribution < -0.4 is 0 Å². The number of benzene rings is 1. The minimum Gasteiger partial charge on any atom is -0.298 e. The molecule has 2 aromatic heterocycles. The van der Waals surface area contributed by atoms with Gasteiger partial charge >= 0.3 is 0 Å². The van der Waals surface area contributed by atoms with E-state index in [1.54, 1.807) is 6.07 Å². The molecule has 0 saturated heterocycles. The summed E-state index contributed by atoms with van der Waals surface area (Å²) in [6.07, 6.45) is 1.96. The van der Waals surface area contributed by atoms with E-state index in [-0.39, 0.29) is 5.82 Å². The first-order valence-corrected chi connectivity index (χ1v) is 6.76. The monoisotopic (exact) mass is 318 g/mol. The summed E-state index contributed by atoms with van der Waals surface area (Å²) < 4.78 is 16.4. The number of rotatable bonds is 1. The number of halogens is 2. The number of hydrogen-bond donors (Lipinski definition) is 0. The number of hydrogen-bond acceptors (Lipinski definition) is 1. The zero-order valence-electron chi connectivity index (χ0n) is 10.6. The normalized spacial score (nSPS) is 11.2. The molecule has 0 atom stereocenters. The summed E-state index contributed by atoms with van der Waals surface area (Å²) >= 11 is 3.49. The first-order valence-electron chi connectivity index (χ1n) is 5.97. The number of imidazole rings is 1. The van der Waals surface area contributed by atoms with Gasteiger partial charge in [-0.15, -0.1) is 0 Å². The number of aryl methyl sites for hydroxylation is 2. The average molecular weight is 319 g/mol. The van der Waals surface area contributed by atoms with Gasteiger partial charge in [0.15, 0.2) is 0 Å². The van der Waals surface area contributed by atoms with E-state index in [1.165, 1.54) is 12.1 Å². The summed E-state index contributed by atoms with van der Waals surface area (Å²) in [6.45, 7) is 3.96. The van der Waals surface area contributed by atoms with E-state index in [2.05, 4.69) is 20.9 Å². The van der Waals surface area contributed by atoms with Crippen molar-refractivity contribution in [3.63, 3.8) is 0 Å². The molecule has 96 valence electrons. The van der Waals surface area contributed by atoms with Crippen LogP contribution in [0, 0.1) is 19.7 Å². The number of nitrogens with zero attached hydrogens (tertiary/aromatic N) is 2. The van der Waals surface area contributed by atoms with Gasteiger partial charge in [0, 0.05) is 16.2 Å². The number of fused-ring (bicyclic) bond motifs is 1. The molecular formula is C15H12BrFN2. The molecule has 0 aliphatic carbocycles. The highest BCUT2D eigenvalue weighted by Crippen LogP contribution is 2.28. The molecule has 0 saturated carbocycles. The highest BCUT2D eigenvalue weighted by Gasteiger charge is 2.13. The lowest BCUT2D eigenvalue weighted by Crippen LogP contribution is -1.92. The van der Waals surface area contributed by atoms with Crippen LogP contribution in [0.2, 0.25) is 0 Å². The fraction of sp³-hybridized carbons (Fsp3) is 0.133. The fourth-order valence-electron chi connectivity index (χ4n) is 2.37. The Bertz CT molecular complexity index is 777. The van der Waals surface area contributed by atoms with E-state index in [9.17, 15) is 4.39 Å². The number of pyridine rings is 1. The van der Waals surface area contributed by atoms with Crippen molar-refractivity contribution in [1.82, 2.24) is 9.38 Å². The third kappa shape index (κ3) is 2.06. The quantitative estimate of drug-likeness (QED) is 0.644. The highest BCUT2D eigenvalue weighted by molar-refractivity contribution is 9.10. The van der Waals surface area contributed by atoms with Crippen LogP contribution in [0.5, 0.6) is 0 Å². The average Bonchev–Trinajstić information content (AvgIpc) is 2.66. The van der Waals surface area contributed by atoms with Crippen LogP contribution in [0.15, 0.2) is 41.0 Å². The summed E-state index contributed by atoms with van der Waals surface area (Å²) in [6, 6.07) is 8.62. The van der Waals surface area contributed by atoms with Crippen LogP contribution in [0.1, 0.15) is 11.3 Å². The van der Waals surface area contributed by atoms with Crippen molar-refractivity contribution in [2.75, 3.05) is 0 Å². The lowest BCUT2D eigenvalue weighted by Gasteiger charge is -2.05. The first kappa shape index (κ1) is 12.4. The smallest absolute Gasteiger partial charge is 0.140 e. The van der Waals surface area contributed by atoms with Crippen molar-refractivity contribution in [3.05, 3.63) is 58.1 Å². The summed E-state index contributed by atoms with van der Waals surface area (Å²) in [5, 5.41) is 0. The third-order valence-corrected chi connectivity index (χ3v) is 3.58. The van der Waals surface area contributed by atoms with E-state index in [0.717, 1.165) is 32.6 Å². The fourth-order valence-corrected chi connectivity index (χ4v) is 2.91. The minimum atomic E-state index is -0.237. The summed E-state index contributed by atoms with van der Waals surface area (Å²) in [4.78, 5) is 4.58. The second-order valence-corrected chi connectivity index (χ2v) is 5.51. The molecule has 0 aliphatic heterocycles. The van der Waals surface area contributed by atoms with E-state index in [1.807, 2.05) is 36.6 Å². The Hall–Kier alpha value is -1.68. The maximum Gasteiger partial charge on any atom is 0.140 e. The first-order chi connectivity index (χ1) is 9.06. The van der Waals surface area contributed by atoms with Gasteiger partial charge in [0.05, 0.1) is 11.4 Å². The van der Waals surface area contributed by atoms with Gasteiger partial charge in [0.1, 0.15) is 11.5 Å². The van der Waals surface area contributed by atoms with Gasteiger partial charge in [0.2, 0.25) is 0 Å². The maximum atomic E-state index is 13.4. The van der Waals surface area contributed by atoms with Crippen molar-refractivity contribution < 1.29 is 4.39 Å². The Kier molecular flexibility index (Phi) is 2.90. The predicted octanol–water partition coefficient (Wildman–Crippen LogP) is 4.52. The molecule has 19 heavy (non-hydrogen) atoms. The molecule has 2 nitrogen and oxygen atoms in total. The topological polar surface area (TPSA) is 17.3 Å². The molecule has 3 aromatic rings. The Morgan fingerprint density at radius 1 is 1.21 bits per heavy atom. The second kappa shape index (κ2) is 4.46. The van der Waals surface area contributed by atoms with E-state index in [0.29, 0.717) is 0 Å². The molecule has 4 heteroatoms. The molecule has 0 fully saturated rings. The molecule has 0 radical (unpaired) electrons. The lowest BCUT2D eigenvalue weighted by atomic mass is 10.1. The van der Waals surface area contributed by atoms with Crippen molar-refractivity contribution in [2.45, 2.75) is 13.8 Å². The zero-order chi connectivity index (χ0) is 13.6. The predicted molar refractivity (Wildman–Crippen MR) is 77.8 cm³/mol. The van der Waals surface area contributed by atoms with Crippen LogP contribution in [-0.2, 0) is 0 Å². The van der Waals surface area contributed by atoms with E-state index >= 15 is 0 Å². The van der Waals surface area contributed by atoms with Gasteiger partial charge < -0.3 is 0 Å². The van der Waals surface area contributed by atoms with Crippen LogP contribution >= 0.6 is 15.9 Å². The molecule has 0 spiro atoms. The van der Waals surface area contributed by atoms with Gasteiger partial charge in [-0.3, -0.25) is 4.40 Å². The Morgan fingerprint density at radius 3 is 2.74 bits per heavy atom. The molecular weight excluding hydrogens is 307 g/mol. The van der Waals surface area contributed by atoms with Crippen molar-refractivity contribution in [3.8, 4) is 11.3 Å². The standard InChI is InChI=1S/C15H12BrFN2/c1-9-6-12(16)8-19-14(10(2)18-15(9)19)11-4-3-5-13(17)7-11/h3-8H,1-2H3. The van der Waals surface area contributed by atoms with Crippen molar-refractivity contribution >= 4 is 21.6 Å². The van der Waals surface area contributed by atoms with Gasteiger partial charge in [-0.25, -0.2) is 9.37 Å². The lowest BCUT2D eigenvalue weighted by molar-refractivity contribution is 0.628. The highest BCUT2D eigenvalue weighted by atomic mass is 79.9. The number of aromatic nitrogens is 2. The maximum absolute atomic E-state index is 13.4. The summed E-state index contributed by atoms with van der Waals surface area (Å²) in [7, 11) is 0. The van der Waals surface area contributed by atoms with Gasteiger partial charge in [-0.05, 0) is 53.5 Å². The van der Waals surface area contributed by atoms with Crippen LogP contribution in [-0.4, -0.2) is 9.38 Å². The molecule has 1 aromatic carbocycles. The Balaban J connectivity index is 2.38. The van der Waals surface area contributed by atoms with Crippen molar-refractivity contribution in [2.24, 2.45) is 0 Å². The molecule has 2 heterocycles. The van der Waals surface area contributed by atoms with Crippen LogP contribution in [0.3, 0.4) is 0 Å². The van der Waals surface area contributed by atoms with E-state index < -0.39 is 0 Å². The Morgan fingerprint density at radius 2 is 2.00 bits per heavy atom. The van der Waals surface area contributed by atoms with Gasteiger partial charge in [-0.2, -0.15) is 0 Å². The van der Waals surface area contributed by atoms with Gasteiger partial charge in [0.25, 0.3) is 0 Å². The largest absolute Gasteiger partial charge is 0.298 e. The molecule has 0 amide bonds. The molecule has 0 N–H and O–H groups in total.